The molecule has 0 fully saturated rings. The van der Waals surface area contributed by atoms with E-state index in [1.807, 2.05) is 6.92 Å². The van der Waals surface area contributed by atoms with E-state index in [0.29, 0.717) is 18.2 Å². The molecule has 3 aromatic rings. The Bertz CT molecular complexity index is 1040. The highest BCUT2D eigenvalue weighted by molar-refractivity contribution is 5.96. The fraction of sp³-hybridized carbons (Fsp3) is 0.174. The molecule has 3 rings (SSSR count). The quantitative estimate of drug-likeness (QED) is 0.550. The van der Waals surface area contributed by atoms with Crippen LogP contribution >= 0.6 is 0 Å². The minimum atomic E-state index is -0.650. The first-order valence-corrected chi connectivity index (χ1v) is 9.70. The van der Waals surface area contributed by atoms with Crippen LogP contribution in [0.2, 0.25) is 0 Å². The van der Waals surface area contributed by atoms with Gasteiger partial charge in [-0.05, 0) is 55.0 Å². The van der Waals surface area contributed by atoms with Crippen molar-refractivity contribution in [2.75, 3.05) is 13.2 Å². The summed E-state index contributed by atoms with van der Waals surface area (Å²) in [7, 11) is 0. The predicted molar refractivity (Wildman–Crippen MR) is 113 cm³/mol. The van der Waals surface area contributed by atoms with E-state index < -0.39 is 17.6 Å². The van der Waals surface area contributed by atoms with Crippen LogP contribution in [0.4, 0.5) is 4.39 Å². The molecule has 0 radical (unpaired) electrons. The third-order valence-corrected chi connectivity index (χ3v) is 4.17. The molecule has 0 spiro atoms. The van der Waals surface area contributed by atoms with E-state index in [4.69, 9.17) is 9.47 Å². The summed E-state index contributed by atoms with van der Waals surface area (Å²) in [6, 6.07) is 16.2. The Morgan fingerprint density at radius 3 is 2.48 bits per heavy atom. The van der Waals surface area contributed by atoms with Gasteiger partial charge in [-0.25, -0.2) is 9.37 Å². The number of aromatic nitrogens is 1. The summed E-state index contributed by atoms with van der Waals surface area (Å²) in [4.78, 5) is 28.1. The lowest BCUT2D eigenvalue weighted by Gasteiger charge is -2.09. The summed E-state index contributed by atoms with van der Waals surface area (Å²) in [6.45, 7) is 2.45. The molecule has 0 aliphatic heterocycles. The number of hydrogen-bond donors (Lipinski definition) is 2. The minimum Gasteiger partial charge on any atom is -0.494 e. The molecule has 0 unspecified atom stereocenters. The second-order valence-corrected chi connectivity index (χ2v) is 6.45. The van der Waals surface area contributed by atoms with Crippen molar-refractivity contribution in [3.8, 4) is 17.4 Å². The molecular formula is C23H22FN3O4. The zero-order valence-electron chi connectivity index (χ0n) is 16.9. The maximum absolute atomic E-state index is 13.6. The number of hydrogen-bond acceptors (Lipinski definition) is 5. The van der Waals surface area contributed by atoms with Gasteiger partial charge in [0.2, 0.25) is 11.8 Å². The lowest BCUT2D eigenvalue weighted by Crippen LogP contribution is -2.36. The van der Waals surface area contributed by atoms with Crippen LogP contribution in [0.1, 0.15) is 22.8 Å². The second-order valence-electron chi connectivity index (χ2n) is 6.45. The summed E-state index contributed by atoms with van der Waals surface area (Å²) in [5.74, 6) is 0.0362. The number of ether oxygens (including phenoxy) is 2. The Hall–Kier alpha value is -3.94. The summed E-state index contributed by atoms with van der Waals surface area (Å²) in [5.41, 5.74) is 0.658. The number of halogens is 1. The van der Waals surface area contributed by atoms with Gasteiger partial charge in [-0.15, -0.1) is 0 Å². The molecule has 2 aromatic carbocycles. The van der Waals surface area contributed by atoms with Gasteiger partial charge in [0.25, 0.3) is 5.91 Å². The Kier molecular flexibility index (Phi) is 7.53. The van der Waals surface area contributed by atoms with E-state index in [-0.39, 0.29) is 18.7 Å². The smallest absolute Gasteiger partial charge is 0.254 e. The first-order chi connectivity index (χ1) is 15.0. The number of rotatable bonds is 9. The van der Waals surface area contributed by atoms with Crippen molar-refractivity contribution in [3.05, 3.63) is 83.8 Å². The Morgan fingerprint density at radius 1 is 1.00 bits per heavy atom. The number of nitrogens with one attached hydrogen (secondary N) is 2. The van der Waals surface area contributed by atoms with E-state index in [9.17, 15) is 14.0 Å². The second kappa shape index (κ2) is 10.7. The van der Waals surface area contributed by atoms with E-state index in [2.05, 4.69) is 15.6 Å². The SMILES string of the molecule is CCOc1ccc(Oc2cc(CNC(=O)CNC(=O)c3ccccc3F)ccn2)cc1. The molecule has 1 heterocycles. The van der Waals surface area contributed by atoms with Crippen molar-refractivity contribution in [1.82, 2.24) is 15.6 Å². The summed E-state index contributed by atoms with van der Waals surface area (Å²) >= 11 is 0. The molecular weight excluding hydrogens is 401 g/mol. The predicted octanol–water partition coefficient (Wildman–Crippen LogP) is 3.46. The fourth-order valence-electron chi connectivity index (χ4n) is 2.67. The Morgan fingerprint density at radius 2 is 1.74 bits per heavy atom. The van der Waals surface area contributed by atoms with E-state index >= 15 is 0 Å². The lowest BCUT2D eigenvalue weighted by molar-refractivity contribution is -0.120. The third-order valence-electron chi connectivity index (χ3n) is 4.17. The van der Waals surface area contributed by atoms with E-state index in [1.54, 1.807) is 48.7 Å². The van der Waals surface area contributed by atoms with Crippen molar-refractivity contribution in [1.29, 1.82) is 0 Å². The van der Waals surface area contributed by atoms with Crippen LogP contribution in [0, 0.1) is 5.82 Å². The highest BCUT2D eigenvalue weighted by Gasteiger charge is 2.12. The number of nitrogens with zero attached hydrogens (tertiary/aromatic N) is 1. The monoisotopic (exact) mass is 423 g/mol. The van der Waals surface area contributed by atoms with Gasteiger partial charge in [0, 0.05) is 18.8 Å². The van der Waals surface area contributed by atoms with Crippen molar-refractivity contribution in [3.63, 3.8) is 0 Å². The van der Waals surface area contributed by atoms with Crippen LogP contribution in [0.5, 0.6) is 17.4 Å². The van der Waals surface area contributed by atoms with Gasteiger partial charge in [0.1, 0.15) is 17.3 Å². The van der Waals surface area contributed by atoms with Gasteiger partial charge in [-0.2, -0.15) is 0 Å². The van der Waals surface area contributed by atoms with Gasteiger partial charge >= 0.3 is 0 Å². The minimum absolute atomic E-state index is 0.111. The maximum Gasteiger partial charge on any atom is 0.254 e. The fourth-order valence-corrected chi connectivity index (χ4v) is 2.67. The molecule has 0 aliphatic rings. The lowest BCUT2D eigenvalue weighted by atomic mass is 10.2. The van der Waals surface area contributed by atoms with Crippen LogP contribution in [0.25, 0.3) is 0 Å². The molecule has 8 heteroatoms. The standard InChI is InChI=1S/C23H22FN3O4/c1-2-30-17-7-9-18(10-8-17)31-22-13-16(11-12-25-22)14-26-21(28)15-27-23(29)19-5-3-4-6-20(19)24/h3-13H,2,14-15H2,1H3,(H,26,28)(H,27,29). The zero-order valence-corrected chi connectivity index (χ0v) is 16.9. The highest BCUT2D eigenvalue weighted by Crippen LogP contribution is 2.23. The van der Waals surface area contributed by atoms with Crippen LogP contribution < -0.4 is 20.1 Å². The molecule has 0 saturated heterocycles. The zero-order chi connectivity index (χ0) is 22.1. The number of amides is 2. The van der Waals surface area contributed by atoms with Gasteiger partial charge in [-0.3, -0.25) is 9.59 Å². The first-order valence-electron chi connectivity index (χ1n) is 9.70. The average Bonchev–Trinajstić information content (AvgIpc) is 2.78. The summed E-state index contributed by atoms with van der Waals surface area (Å²) in [5, 5.41) is 5.08. The van der Waals surface area contributed by atoms with Crippen LogP contribution in [0.3, 0.4) is 0 Å². The molecule has 7 nitrogen and oxygen atoms in total. The Balaban J connectivity index is 1.48. The van der Waals surface area contributed by atoms with Gasteiger partial charge in [0.05, 0.1) is 18.7 Å². The van der Waals surface area contributed by atoms with E-state index in [0.717, 1.165) is 11.3 Å². The van der Waals surface area contributed by atoms with Crippen LogP contribution in [-0.4, -0.2) is 29.9 Å². The molecule has 2 N–H and O–H groups in total. The summed E-state index contributed by atoms with van der Waals surface area (Å²) in [6.07, 6.45) is 1.57. The number of pyridine rings is 1. The summed E-state index contributed by atoms with van der Waals surface area (Å²) < 4.78 is 24.7. The molecule has 2 amide bonds. The molecule has 0 atom stereocenters. The van der Waals surface area contributed by atoms with Gasteiger partial charge in [-0.1, -0.05) is 12.1 Å². The molecule has 160 valence electrons. The van der Waals surface area contributed by atoms with Crippen molar-refractivity contribution >= 4 is 11.8 Å². The molecule has 0 bridgehead atoms. The largest absolute Gasteiger partial charge is 0.494 e. The highest BCUT2D eigenvalue weighted by atomic mass is 19.1. The van der Waals surface area contributed by atoms with Crippen molar-refractivity contribution in [2.24, 2.45) is 0 Å². The van der Waals surface area contributed by atoms with E-state index in [1.165, 1.54) is 18.2 Å². The number of carbonyl (C=O) groups is 2. The normalized spacial score (nSPS) is 10.3. The van der Waals surface area contributed by atoms with Crippen molar-refractivity contribution < 1.29 is 23.5 Å². The Labute approximate surface area is 179 Å². The molecule has 0 aliphatic carbocycles. The van der Waals surface area contributed by atoms with Crippen LogP contribution in [-0.2, 0) is 11.3 Å². The number of benzene rings is 2. The maximum atomic E-state index is 13.6. The molecule has 1 aromatic heterocycles. The topological polar surface area (TPSA) is 89.5 Å². The number of carbonyl (C=O) groups excluding carboxylic acids is 2. The van der Waals surface area contributed by atoms with Gasteiger partial charge < -0.3 is 20.1 Å². The average molecular weight is 423 g/mol. The van der Waals surface area contributed by atoms with Crippen LogP contribution in [0.15, 0.2) is 66.9 Å². The molecule has 0 saturated carbocycles. The van der Waals surface area contributed by atoms with Crippen molar-refractivity contribution in [2.45, 2.75) is 13.5 Å². The van der Waals surface area contributed by atoms with Gasteiger partial charge in [0.15, 0.2) is 0 Å². The molecule has 31 heavy (non-hydrogen) atoms. The first kappa shape index (κ1) is 21.8. The third kappa shape index (κ3) is 6.53.